The number of carbonyl (C=O) groups excluding carboxylic acids is 2. The first-order chi connectivity index (χ1) is 17.1. The van der Waals surface area contributed by atoms with Crippen LogP contribution in [0.2, 0.25) is 0 Å². The van der Waals surface area contributed by atoms with E-state index in [2.05, 4.69) is 15.6 Å². The molecule has 36 heavy (non-hydrogen) atoms. The third-order valence-electron chi connectivity index (χ3n) is 5.66. The minimum atomic E-state index is -4.56. The number of anilines is 2. The molecule has 2 amide bonds. The van der Waals surface area contributed by atoms with Crippen LogP contribution in [0.1, 0.15) is 36.5 Å². The van der Waals surface area contributed by atoms with Crippen LogP contribution >= 0.6 is 0 Å². The van der Waals surface area contributed by atoms with E-state index in [1.165, 1.54) is 18.2 Å². The van der Waals surface area contributed by atoms with E-state index >= 15 is 0 Å². The summed E-state index contributed by atoms with van der Waals surface area (Å²) >= 11 is 0. The van der Waals surface area contributed by atoms with Crippen molar-refractivity contribution < 1.29 is 22.8 Å². The van der Waals surface area contributed by atoms with Gasteiger partial charge < -0.3 is 15.6 Å². The van der Waals surface area contributed by atoms with Gasteiger partial charge in [-0.05, 0) is 65.6 Å². The van der Waals surface area contributed by atoms with Crippen LogP contribution in [0.4, 0.5) is 24.5 Å². The molecule has 4 aromatic rings. The molecule has 0 spiro atoms. The molecule has 3 aromatic carbocycles. The van der Waals surface area contributed by atoms with Crippen molar-refractivity contribution in [2.75, 3.05) is 10.6 Å². The summed E-state index contributed by atoms with van der Waals surface area (Å²) in [5, 5.41) is 6.01. The predicted octanol–water partition coefficient (Wildman–Crippen LogP) is 6.97. The fourth-order valence-corrected chi connectivity index (χ4v) is 3.68. The number of hydrogen-bond donors (Lipinski definition) is 3. The van der Waals surface area contributed by atoms with Crippen molar-refractivity contribution >= 4 is 40.2 Å². The number of carbonyl (C=O) groups is 2. The molecule has 3 N–H and O–H groups in total. The number of amides is 2. The van der Waals surface area contributed by atoms with Gasteiger partial charge in [0, 0.05) is 28.5 Å². The molecule has 0 saturated heterocycles. The van der Waals surface area contributed by atoms with Crippen LogP contribution in [0.3, 0.4) is 0 Å². The Morgan fingerprint density at radius 3 is 2.17 bits per heavy atom. The molecule has 0 saturated carbocycles. The first-order valence-electron chi connectivity index (χ1n) is 11.3. The van der Waals surface area contributed by atoms with Gasteiger partial charge in [-0.25, -0.2) is 0 Å². The predicted molar refractivity (Wildman–Crippen MR) is 136 cm³/mol. The maximum absolute atomic E-state index is 13.2. The zero-order chi connectivity index (χ0) is 25.9. The molecule has 0 aliphatic carbocycles. The third kappa shape index (κ3) is 5.83. The van der Waals surface area contributed by atoms with Crippen molar-refractivity contribution in [3.8, 4) is 0 Å². The second-order valence-corrected chi connectivity index (χ2v) is 8.65. The van der Waals surface area contributed by atoms with E-state index in [0.717, 1.165) is 28.6 Å². The van der Waals surface area contributed by atoms with Crippen molar-refractivity contribution in [2.45, 2.75) is 25.9 Å². The Kier molecular flexibility index (Phi) is 6.96. The highest BCUT2D eigenvalue weighted by atomic mass is 19.4. The van der Waals surface area contributed by atoms with E-state index in [1.54, 1.807) is 36.5 Å². The Morgan fingerprint density at radius 2 is 1.53 bits per heavy atom. The minimum absolute atomic E-state index is 0.0718. The van der Waals surface area contributed by atoms with E-state index in [9.17, 15) is 22.8 Å². The molecule has 1 heterocycles. The molecule has 0 bridgehead atoms. The highest BCUT2D eigenvalue weighted by Gasteiger charge is 2.30. The van der Waals surface area contributed by atoms with E-state index in [1.807, 2.05) is 32.0 Å². The lowest BCUT2D eigenvalue weighted by Crippen LogP contribution is -2.25. The Balaban J connectivity index is 1.64. The average molecular weight is 492 g/mol. The molecular formula is C28H24F3N3O2. The number of H-pyrrole nitrogens is 1. The van der Waals surface area contributed by atoms with Crippen LogP contribution in [0.5, 0.6) is 0 Å². The van der Waals surface area contributed by atoms with Crippen LogP contribution in [-0.4, -0.2) is 16.8 Å². The van der Waals surface area contributed by atoms with Crippen LogP contribution in [0, 0.1) is 0 Å². The Bertz CT molecular complexity index is 1430. The van der Waals surface area contributed by atoms with Crippen molar-refractivity contribution in [1.82, 2.24) is 4.98 Å². The van der Waals surface area contributed by atoms with E-state index < -0.39 is 23.6 Å². The quantitative estimate of drug-likeness (QED) is 0.155. The lowest BCUT2D eigenvalue weighted by Gasteiger charge is -2.13. The van der Waals surface area contributed by atoms with E-state index in [-0.39, 0.29) is 11.3 Å². The molecule has 5 nitrogen and oxygen atoms in total. The largest absolute Gasteiger partial charge is 0.416 e. The standard InChI is InChI=1S/C28H24F3N3O2/c1-17(2)19-8-6-18(7-9-19)14-24(26(35)33-22-5-3-4-21(16-22)28(29,30)31)27(36)34-23-10-11-25-20(15-23)12-13-32-25/h3-17,32H,1-2H3,(H,33,35)(H,34,36)/b24-14+. The number of nitrogens with one attached hydrogen (secondary N) is 3. The first-order valence-corrected chi connectivity index (χ1v) is 11.3. The molecule has 0 unspecified atom stereocenters. The molecule has 0 aliphatic rings. The Labute approximate surface area is 206 Å². The van der Waals surface area contributed by atoms with Crippen molar-refractivity contribution in [1.29, 1.82) is 0 Å². The van der Waals surface area contributed by atoms with Crippen LogP contribution in [0.15, 0.2) is 84.6 Å². The molecule has 1 aromatic heterocycles. The number of aromatic amines is 1. The fraction of sp³-hybridized carbons (Fsp3) is 0.143. The first kappa shape index (κ1) is 24.8. The van der Waals surface area contributed by atoms with Crippen molar-refractivity contribution in [3.63, 3.8) is 0 Å². The molecular weight excluding hydrogens is 467 g/mol. The van der Waals surface area contributed by atoms with E-state index in [0.29, 0.717) is 17.2 Å². The second-order valence-electron chi connectivity index (χ2n) is 8.65. The smallest absolute Gasteiger partial charge is 0.361 e. The van der Waals surface area contributed by atoms with Gasteiger partial charge in [0.2, 0.25) is 0 Å². The molecule has 0 atom stereocenters. The Morgan fingerprint density at radius 1 is 0.861 bits per heavy atom. The number of alkyl halides is 3. The summed E-state index contributed by atoms with van der Waals surface area (Å²) in [6, 6.07) is 18.7. The van der Waals surface area contributed by atoms with Crippen LogP contribution in [-0.2, 0) is 15.8 Å². The number of benzene rings is 3. The number of rotatable bonds is 6. The zero-order valence-corrected chi connectivity index (χ0v) is 19.6. The lowest BCUT2D eigenvalue weighted by molar-refractivity contribution is -0.137. The maximum atomic E-state index is 13.2. The molecule has 0 radical (unpaired) electrons. The van der Waals surface area contributed by atoms with Gasteiger partial charge >= 0.3 is 6.18 Å². The van der Waals surface area contributed by atoms with Gasteiger partial charge in [0.25, 0.3) is 11.8 Å². The SMILES string of the molecule is CC(C)c1ccc(/C=C(\C(=O)Nc2cccc(C(F)(F)F)c2)C(=O)Nc2ccc3[nH]ccc3c2)cc1. The summed E-state index contributed by atoms with van der Waals surface area (Å²) in [6.07, 6.45) is -1.38. The average Bonchev–Trinajstić information content (AvgIpc) is 3.30. The molecule has 0 fully saturated rings. The normalized spacial score (nSPS) is 12.1. The van der Waals surface area contributed by atoms with Crippen molar-refractivity contribution in [3.05, 3.63) is 101 Å². The fourth-order valence-electron chi connectivity index (χ4n) is 3.68. The zero-order valence-electron chi connectivity index (χ0n) is 19.6. The molecule has 0 aliphatic heterocycles. The van der Waals surface area contributed by atoms with Crippen LogP contribution in [0.25, 0.3) is 17.0 Å². The summed E-state index contributed by atoms with van der Waals surface area (Å²) in [5.74, 6) is -1.22. The van der Waals surface area contributed by atoms with Crippen molar-refractivity contribution in [2.24, 2.45) is 0 Å². The monoisotopic (exact) mass is 491 g/mol. The number of aromatic nitrogens is 1. The summed E-state index contributed by atoms with van der Waals surface area (Å²) in [6.45, 7) is 4.10. The van der Waals surface area contributed by atoms with Gasteiger partial charge in [0.1, 0.15) is 5.57 Å². The van der Waals surface area contributed by atoms with E-state index in [4.69, 9.17) is 0 Å². The second kappa shape index (κ2) is 10.1. The van der Waals surface area contributed by atoms with Gasteiger partial charge in [0.15, 0.2) is 0 Å². The van der Waals surface area contributed by atoms with Crippen LogP contribution < -0.4 is 10.6 Å². The third-order valence-corrected chi connectivity index (χ3v) is 5.66. The van der Waals surface area contributed by atoms with Gasteiger partial charge in [-0.1, -0.05) is 44.2 Å². The highest BCUT2D eigenvalue weighted by Crippen LogP contribution is 2.31. The number of fused-ring (bicyclic) bond motifs is 1. The van der Waals surface area contributed by atoms with Gasteiger partial charge in [-0.3, -0.25) is 9.59 Å². The summed E-state index contributed by atoms with van der Waals surface area (Å²) in [5.41, 5.74) is 1.82. The number of hydrogen-bond acceptors (Lipinski definition) is 2. The summed E-state index contributed by atoms with van der Waals surface area (Å²) in [7, 11) is 0. The molecule has 184 valence electrons. The van der Waals surface area contributed by atoms with Gasteiger partial charge in [0.05, 0.1) is 5.56 Å². The Hall–Kier alpha value is -4.33. The number of halogens is 3. The summed E-state index contributed by atoms with van der Waals surface area (Å²) < 4.78 is 39.3. The lowest BCUT2D eigenvalue weighted by atomic mass is 10.0. The van der Waals surface area contributed by atoms with Gasteiger partial charge in [-0.2, -0.15) is 13.2 Å². The molecule has 8 heteroatoms. The van der Waals surface area contributed by atoms with Gasteiger partial charge in [-0.15, -0.1) is 0 Å². The highest BCUT2D eigenvalue weighted by molar-refractivity contribution is 6.29. The maximum Gasteiger partial charge on any atom is 0.416 e. The topological polar surface area (TPSA) is 74.0 Å². The summed E-state index contributed by atoms with van der Waals surface area (Å²) in [4.78, 5) is 29.4. The molecule has 4 rings (SSSR count). The minimum Gasteiger partial charge on any atom is -0.361 e.